The van der Waals surface area contributed by atoms with Gasteiger partial charge in [-0.3, -0.25) is 0 Å². The maximum absolute atomic E-state index is 12.2. The molecular weight excluding hydrogens is 312 g/mol. The van der Waals surface area contributed by atoms with Crippen LogP contribution in [0.4, 0.5) is 0 Å². The molecule has 0 amide bonds. The van der Waals surface area contributed by atoms with E-state index in [4.69, 9.17) is 9.47 Å². The standard InChI is InChI=1S/C22H30O3/c1-16(2)18-8-6-7-17(13-18)11-12-22(19-9-4-5-10-19)15-20(24-3)14-21(23)25-22/h6-8,13-14,16,19H,4-5,9-12,15H2,1-3H3. The molecule has 1 atom stereocenters. The van der Waals surface area contributed by atoms with E-state index in [2.05, 4.69) is 38.1 Å². The molecule has 1 fully saturated rings. The van der Waals surface area contributed by atoms with E-state index in [-0.39, 0.29) is 5.97 Å². The maximum atomic E-state index is 12.2. The Morgan fingerprint density at radius 1 is 1.28 bits per heavy atom. The van der Waals surface area contributed by atoms with Gasteiger partial charge in [-0.25, -0.2) is 4.79 Å². The van der Waals surface area contributed by atoms with E-state index in [0.717, 1.165) is 31.4 Å². The fourth-order valence-electron chi connectivity index (χ4n) is 4.36. The van der Waals surface area contributed by atoms with Gasteiger partial charge in [-0.1, -0.05) is 51.0 Å². The summed E-state index contributed by atoms with van der Waals surface area (Å²) in [4.78, 5) is 12.2. The molecule has 136 valence electrons. The van der Waals surface area contributed by atoms with Crippen LogP contribution in [0.5, 0.6) is 0 Å². The van der Waals surface area contributed by atoms with E-state index in [1.54, 1.807) is 7.11 Å². The van der Waals surface area contributed by atoms with Crippen LogP contribution in [0.2, 0.25) is 0 Å². The Morgan fingerprint density at radius 2 is 2.04 bits per heavy atom. The van der Waals surface area contributed by atoms with Gasteiger partial charge in [0.15, 0.2) is 0 Å². The molecule has 1 aliphatic carbocycles. The topological polar surface area (TPSA) is 35.5 Å². The molecule has 1 unspecified atom stereocenters. The molecule has 1 aliphatic heterocycles. The van der Waals surface area contributed by atoms with E-state index in [0.29, 0.717) is 18.3 Å². The number of methoxy groups -OCH3 is 1. The lowest BCUT2D eigenvalue weighted by molar-refractivity contribution is -0.165. The summed E-state index contributed by atoms with van der Waals surface area (Å²) in [5.41, 5.74) is 2.29. The summed E-state index contributed by atoms with van der Waals surface area (Å²) in [7, 11) is 1.65. The molecule has 0 spiro atoms. The third-order valence-corrected chi connectivity index (χ3v) is 5.87. The van der Waals surface area contributed by atoms with Crippen molar-refractivity contribution in [1.82, 2.24) is 0 Å². The monoisotopic (exact) mass is 342 g/mol. The van der Waals surface area contributed by atoms with Crippen molar-refractivity contribution in [2.45, 2.75) is 70.3 Å². The second-order valence-corrected chi connectivity index (χ2v) is 7.86. The molecule has 3 heteroatoms. The second kappa shape index (κ2) is 7.63. The molecule has 3 rings (SSSR count). The minimum atomic E-state index is -0.401. The molecule has 0 N–H and O–H groups in total. The Morgan fingerprint density at radius 3 is 2.72 bits per heavy atom. The number of cyclic esters (lactones) is 1. The number of carbonyl (C=O) groups excluding carboxylic acids is 1. The number of carbonyl (C=O) groups is 1. The van der Waals surface area contributed by atoms with E-state index in [9.17, 15) is 4.79 Å². The van der Waals surface area contributed by atoms with Gasteiger partial charge in [-0.2, -0.15) is 0 Å². The number of esters is 1. The van der Waals surface area contributed by atoms with Crippen LogP contribution in [0.15, 0.2) is 36.1 Å². The normalized spacial score (nSPS) is 24.3. The van der Waals surface area contributed by atoms with Gasteiger partial charge >= 0.3 is 5.97 Å². The van der Waals surface area contributed by atoms with Gasteiger partial charge in [0.05, 0.1) is 13.2 Å². The zero-order valence-corrected chi connectivity index (χ0v) is 15.7. The molecule has 0 saturated heterocycles. The Hall–Kier alpha value is -1.77. The average Bonchev–Trinajstić information content (AvgIpc) is 3.15. The van der Waals surface area contributed by atoms with Crippen molar-refractivity contribution in [3.8, 4) is 0 Å². The minimum absolute atomic E-state index is 0.245. The Balaban J connectivity index is 1.80. The first kappa shape index (κ1) is 18.0. The molecule has 1 saturated carbocycles. The van der Waals surface area contributed by atoms with Crippen molar-refractivity contribution in [3.63, 3.8) is 0 Å². The van der Waals surface area contributed by atoms with Gasteiger partial charge in [0.1, 0.15) is 11.4 Å². The van der Waals surface area contributed by atoms with Crippen LogP contribution < -0.4 is 0 Å². The number of benzene rings is 1. The predicted octanol–water partition coefficient (Wildman–Crippen LogP) is 5.15. The summed E-state index contributed by atoms with van der Waals surface area (Å²) in [6.07, 6.45) is 8.79. The van der Waals surface area contributed by atoms with Gasteiger partial charge in [0, 0.05) is 6.42 Å². The van der Waals surface area contributed by atoms with Crippen molar-refractivity contribution in [2.75, 3.05) is 7.11 Å². The molecule has 3 nitrogen and oxygen atoms in total. The number of ether oxygens (including phenoxy) is 2. The highest BCUT2D eigenvalue weighted by molar-refractivity contribution is 5.84. The molecule has 0 bridgehead atoms. The SMILES string of the molecule is COC1=CC(=O)OC(CCc2cccc(C(C)C)c2)(C2CCCC2)C1. The first-order valence-electron chi connectivity index (χ1n) is 9.59. The first-order chi connectivity index (χ1) is 12.0. The van der Waals surface area contributed by atoms with E-state index in [1.165, 1.54) is 30.0 Å². The second-order valence-electron chi connectivity index (χ2n) is 7.86. The van der Waals surface area contributed by atoms with E-state index >= 15 is 0 Å². The number of hydrogen-bond donors (Lipinski definition) is 0. The quantitative estimate of drug-likeness (QED) is 0.671. The molecule has 1 aromatic carbocycles. The lowest BCUT2D eigenvalue weighted by Crippen LogP contribution is -2.45. The fraction of sp³-hybridized carbons (Fsp3) is 0.591. The van der Waals surface area contributed by atoms with Crippen molar-refractivity contribution in [1.29, 1.82) is 0 Å². The van der Waals surface area contributed by atoms with Crippen LogP contribution in [0.3, 0.4) is 0 Å². The largest absolute Gasteiger partial charge is 0.501 e. The molecule has 1 aromatic rings. The van der Waals surface area contributed by atoms with Crippen LogP contribution in [-0.4, -0.2) is 18.7 Å². The third kappa shape index (κ3) is 4.08. The Kier molecular flexibility index (Phi) is 5.51. The summed E-state index contributed by atoms with van der Waals surface area (Å²) in [5.74, 6) is 1.49. The summed E-state index contributed by atoms with van der Waals surface area (Å²) in [6, 6.07) is 8.81. The smallest absolute Gasteiger partial charge is 0.334 e. The van der Waals surface area contributed by atoms with Crippen molar-refractivity contribution >= 4 is 5.97 Å². The zero-order chi connectivity index (χ0) is 17.9. The molecule has 1 heterocycles. The summed E-state index contributed by atoms with van der Waals surface area (Å²) < 4.78 is 11.4. The highest BCUT2D eigenvalue weighted by Gasteiger charge is 2.46. The van der Waals surface area contributed by atoms with Gasteiger partial charge in [0.2, 0.25) is 0 Å². The highest BCUT2D eigenvalue weighted by Crippen LogP contribution is 2.45. The van der Waals surface area contributed by atoms with Gasteiger partial charge in [-0.15, -0.1) is 0 Å². The van der Waals surface area contributed by atoms with Crippen LogP contribution in [0.25, 0.3) is 0 Å². The number of rotatable bonds is 6. The predicted molar refractivity (Wildman–Crippen MR) is 99.3 cm³/mol. The van der Waals surface area contributed by atoms with Crippen molar-refractivity contribution < 1.29 is 14.3 Å². The van der Waals surface area contributed by atoms with Gasteiger partial charge < -0.3 is 9.47 Å². The summed E-state index contributed by atoms with van der Waals surface area (Å²) in [6.45, 7) is 4.44. The van der Waals surface area contributed by atoms with Gasteiger partial charge in [0.25, 0.3) is 0 Å². The van der Waals surface area contributed by atoms with E-state index < -0.39 is 5.60 Å². The fourth-order valence-corrected chi connectivity index (χ4v) is 4.36. The number of hydrogen-bond acceptors (Lipinski definition) is 3. The minimum Gasteiger partial charge on any atom is -0.501 e. The Bertz CT molecular complexity index is 640. The molecular formula is C22H30O3. The van der Waals surface area contributed by atoms with Gasteiger partial charge in [-0.05, 0) is 48.6 Å². The first-order valence-corrected chi connectivity index (χ1v) is 9.59. The lowest BCUT2D eigenvalue weighted by Gasteiger charge is -2.41. The summed E-state index contributed by atoms with van der Waals surface area (Å²) in [5, 5.41) is 0. The summed E-state index contributed by atoms with van der Waals surface area (Å²) >= 11 is 0. The third-order valence-electron chi connectivity index (χ3n) is 5.87. The van der Waals surface area contributed by atoms with E-state index in [1.807, 2.05) is 0 Å². The van der Waals surface area contributed by atoms with Crippen molar-refractivity contribution in [3.05, 3.63) is 47.2 Å². The number of aryl methyl sites for hydroxylation is 1. The average molecular weight is 342 g/mol. The molecule has 25 heavy (non-hydrogen) atoms. The van der Waals surface area contributed by atoms with Crippen molar-refractivity contribution in [2.24, 2.45) is 5.92 Å². The molecule has 2 aliphatic rings. The molecule has 0 aromatic heterocycles. The Labute approximate surface area is 151 Å². The zero-order valence-electron chi connectivity index (χ0n) is 15.7. The van der Waals surface area contributed by atoms with Crippen LogP contribution in [0.1, 0.15) is 69.4 Å². The highest BCUT2D eigenvalue weighted by atomic mass is 16.6. The molecule has 0 radical (unpaired) electrons. The van der Waals surface area contributed by atoms with Crippen LogP contribution in [0, 0.1) is 5.92 Å². The van der Waals surface area contributed by atoms with Crippen LogP contribution in [-0.2, 0) is 20.7 Å². The lowest BCUT2D eigenvalue weighted by atomic mass is 9.77. The maximum Gasteiger partial charge on any atom is 0.334 e. The van der Waals surface area contributed by atoms with Crippen LogP contribution >= 0.6 is 0 Å².